The fraction of sp³-hybridized carbons (Fsp3) is 0.158. The first-order chi connectivity index (χ1) is 13.0. The summed E-state index contributed by atoms with van der Waals surface area (Å²) < 4.78 is 6.71. The predicted molar refractivity (Wildman–Crippen MR) is 100 cm³/mol. The third-order valence-corrected chi connectivity index (χ3v) is 3.90. The molecule has 0 fully saturated rings. The minimum atomic E-state index is -0.463. The van der Waals surface area contributed by atoms with Crippen molar-refractivity contribution in [2.75, 3.05) is 12.4 Å². The van der Waals surface area contributed by atoms with Crippen molar-refractivity contribution in [1.82, 2.24) is 9.78 Å². The van der Waals surface area contributed by atoms with Crippen LogP contribution >= 0.6 is 0 Å². The summed E-state index contributed by atoms with van der Waals surface area (Å²) in [7, 11) is 1.57. The van der Waals surface area contributed by atoms with Crippen LogP contribution in [0.2, 0.25) is 0 Å². The molecule has 0 aliphatic heterocycles. The van der Waals surface area contributed by atoms with E-state index in [0.717, 1.165) is 5.56 Å². The minimum Gasteiger partial charge on any atom is -0.497 e. The van der Waals surface area contributed by atoms with Gasteiger partial charge in [-0.15, -0.1) is 0 Å². The molecule has 1 amide bonds. The number of carbonyl (C=O) groups is 1. The number of nitrogens with zero attached hydrogens (tertiary/aromatic N) is 3. The van der Waals surface area contributed by atoms with Crippen LogP contribution in [-0.2, 0) is 11.2 Å². The summed E-state index contributed by atoms with van der Waals surface area (Å²) in [5.74, 6) is 0.979. The number of aryl methyl sites for hydroxylation is 1. The number of methoxy groups -OCH3 is 1. The Labute approximate surface area is 155 Å². The normalized spacial score (nSPS) is 10.4. The maximum atomic E-state index is 12.4. The lowest BCUT2D eigenvalue weighted by molar-refractivity contribution is -0.384. The number of non-ortho nitro benzene ring substituents is 1. The van der Waals surface area contributed by atoms with Gasteiger partial charge in [0.2, 0.25) is 5.91 Å². The van der Waals surface area contributed by atoms with Crippen molar-refractivity contribution in [3.63, 3.8) is 0 Å². The van der Waals surface area contributed by atoms with Crippen molar-refractivity contribution in [1.29, 1.82) is 0 Å². The number of carbonyl (C=O) groups excluding carboxylic acids is 1. The van der Waals surface area contributed by atoms with Gasteiger partial charge in [-0.05, 0) is 36.8 Å². The highest BCUT2D eigenvalue weighted by Gasteiger charge is 2.13. The summed E-state index contributed by atoms with van der Waals surface area (Å²) in [6.07, 6.45) is 0.182. The highest BCUT2D eigenvalue weighted by atomic mass is 16.6. The molecule has 3 rings (SSSR count). The van der Waals surface area contributed by atoms with E-state index in [2.05, 4.69) is 10.4 Å². The van der Waals surface area contributed by atoms with Gasteiger partial charge < -0.3 is 10.1 Å². The number of anilines is 1. The zero-order valence-corrected chi connectivity index (χ0v) is 14.9. The molecule has 0 aliphatic carbocycles. The second-order valence-corrected chi connectivity index (χ2v) is 5.93. The Morgan fingerprint density at radius 2 is 1.96 bits per heavy atom. The molecule has 0 spiro atoms. The maximum absolute atomic E-state index is 12.4. The third kappa shape index (κ3) is 4.30. The van der Waals surface area contributed by atoms with Crippen LogP contribution in [0.15, 0.2) is 54.6 Å². The zero-order chi connectivity index (χ0) is 19.4. The van der Waals surface area contributed by atoms with E-state index in [0.29, 0.717) is 22.9 Å². The molecular formula is C19H18N4O4. The molecule has 0 aliphatic rings. The molecule has 1 heterocycles. The molecule has 8 nitrogen and oxygen atoms in total. The fourth-order valence-corrected chi connectivity index (χ4v) is 2.66. The van der Waals surface area contributed by atoms with Gasteiger partial charge in [-0.2, -0.15) is 5.10 Å². The fourth-order valence-electron chi connectivity index (χ4n) is 2.66. The first-order valence-corrected chi connectivity index (χ1v) is 8.20. The zero-order valence-electron chi connectivity index (χ0n) is 14.9. The Morgan fingerprint density at radius 1 is 1.22 bits per heavy atom. The number of ether oxygens (including phenoxy) is 1. The molecule has 3 aromatic rings. The van der Waals surface area contributed by atoms with Gasteiger partial charge in [-0.25, -0.2) is 4.68 Å². The van der Waals surface area contributed by atoms with E-state index in [9.17, 15) is 14.9 Å². The number of hydrogen-bond donors (Lipinski definition) is 1. The van der Waals surface area contributed by atoms with Crippen molar-refractivity contribution < 1.29 is 14.5 Å². The summed E-state index contributed by atoms with van der Waals surface area (Å²) in [6.45, 7) is 1.81. The second kappa shape index (κ2) is 7.69. The first kappa shape index (κ1) is 18.1. The number of nitro groups is 1. The molecule has 0 saturated heterocycles. The van der Waals surface area contributed by atoms with Crippen LogP contribution in [-0.4, -0.2) is 27.7 Å². The largest absolute Gasteiger partial charge is 0.497 e. The van der Waals surface area contributed by atoms with E-state index in [4.69, 9.17) is 4.74 Å². The van der Waals surface area contributed by atoms with E-state index >= 15 is 0 Å². The van der Waals surface area contributed by atoms with Gasteiger partial charge in [0.25, 0.3) is 5.69 Å². The van der Waals surface area contributed by atoms with Gasteiger partial charge in [-0.1, -0.05) is 12.1 Å². The van der Waals surface area contributed by atoms with Crippen molar-refractivity contribution in [3.8, 4) is 11.4 Å². The summed E-state index contributed by atoms with van der Waals surface area (Å²) in [5, 5.41) is 18.0. The monoisotopic (exact) mass is 366 g/mol. The number of rotatable bonds is 6. The van der Waals surface area contributed by atoms with Crippen LogP contribution in [0.1, 0.15) is 11.3 Å². The van der Waals surface area contributed by atoms with Gasteiger partial charge in [0.1, 0.15) is 11.6 Å². The average molecular weight is 366 g/mol. The predicted octanol–water partition coefficient (Wildman–Crippen LogP) is 3.28. The number of benzene rings is 2. The average Bonchev–Trinajstić information content (AvgIpc) is 3.01. The van der Waals surface area contributed by atoms with Crippen LogP contribution in [0, 0.1) is 17.0 Å². The molecule has 0 radical (unpaired) electrons. The van der Waals surface area contributed by atoms with Crippen LogP contribution in [0.5, 0.6) is 5.75 Å². The molecule has 1 aromatic heterocycles. The van der Waals surface area contributed by atoms with E-state index in [-0.39, 0.29) is 18.0 Å². The molecule has 138 valence electrons. The quantitative estimate of drug-likeness (QED) is 0.533. The molecular weight excluding hydrogens is 348 g/mol. The summed E-state index contributed by atoms with van der Waals surface area (Å²) >= 11 is 0. The van der Waals surface area contributed by atoms with Crippen LogP contribution in [0.3, 0.4) is 0 Å². The molecule has 1 N–H and O–H groups in total. The van der Waals surface area contributed by atoms with Crippen LogP contribution in [0.25, 0.3) is 5.69 Å². The van der Waals surface area contributed by atoms with Crippen molar-refractivity contribution >= 4 is 17.4 Å². The summed E-state index contributed by atoms with van der Waals surface area (Å²) in [4.78, 5) is 22.8. The van der Waals surface area contributed by atoms with E-state index in [1.807, 2.05) is 18.2 Å². The van der Waals surface area contributed by atoms with Crippen LogP contribution < -0.4 is 10.1 Å². The molecule has 2 aromatic carbocycles. The lowest BCUT2D eigenvalue weighted by Gasteiger charge is -2.09. The molecule has 0 unspecified atom stereocenters. The first-order valence-electron chi connectivity index (χ1n) is 8.20. The maximum Gasteiger partial charge on any atom is 0.269 e. The molecule has 27 heavy (non-hydrogen) atoms. The Balaban J connectivity index is 1.79. The lowest BCUT2D eigenvalue weighted by Crippen LogP contribution is -2.17. The summed E-state index contributed by atoms with van der Waals surface area (Å²) in [5.41, 5.74) is 2.15. The van der Waals surface area contributed by atoms with Gasteiger partial charge >= 0.3 is 0 Å². The molecule has 0 saturated carbocycles. The standard InChI is InChI=1S/C19H18N4O4/c1-13-10-18(20-19(24)12-14-4-3-5-17(11-14)27-2)22(21-13)15-6-8-16(9-7-15)23(25)26/h3-11H,12H2,1-2H3,(H,20,24). The highest BCUT2D eigenvalue weighted by Crippen LogP contribution is 2.20. The van der Waals surface area contributed by atoms with Gasteiger partial charge in [-0.3, -0.25) is 14.9 Å². The topological polar surface area (TPSA) is 99.3 Å². The lowest BCUT2D eigenvalue weighted by atomic mass is 10.1. The number of nitrogens with one attached hydrogen (secondary N) is 1. The van der Waals surface area contributed by atoms with E-state index in [1.54, 1.807) is 43.0 Å². The van der Waals surface area contributed by atoms with Crippen molar-refractivity contribution in [2.24, 2.45) is 0 Å². The number of amides is 1. The van der Waals surface area contributed by atoms with Gasteiger partial charge in [0.05, 0.1) is 29.8 Å². The molecule has 0 bridgehead atoms. The highest BCUT2D eigenvalue weighted by molar-refractivity contribution is 5.91. The van der Waals surface area contributed by atoms with Crippen molar-refractivity contribution in [3.05, 3.63) is 76.0 Å². The van der Waals surface area contributed by atoms with Gasteiger partial charge in [0, 0.05) is 18.2 Å². The van der Waals surface area contributed by atoms with E-state index in [1.165, 1.54) is 12.1 Å². The number of aromatic nitrogens is 2. The molecule has 0 atom stereocenters. The third-order valence-electron chi connectivity index (χ3n) is 3.90. The Hall–Kier alpha value is -3.68. The Kier molecular flexibility index (Phi) is 5.16. The second-order valence-electron chi connectivity index (χ2n) is 5.93. The smallest absolute Gasteiger partial charge is 0.269 e. The number of nitro benzene ring substituents is 1. The van der Waals surface area contributed by atoms with Gasteiger partial charge in [0.15, 0.2) is 0 Å². The summed E-state index contributed by atoms with van der Waals surface area (Å²) in [6, 6.07) is 15.0. The van der Waals surface area contributed by atoms with Crippen LogP contribution in [0.4, 0.5) is 11.5 Å². The molecule has 8 heteroatoms. The SMILES string of the molecule is COc1cccc(CC(=O)Nc2cc(C)nn2-c2ccc([N+](=O)[O-])cc2)c1. The number of hydrogen-bond acceptors (Lipinski definition) is 5. The Bertz CT molecular complexity index is 980. The minimum absolute atomic E-state index is 0.00811. The van der Waals surface area contributed by atoms with Crippen molar-refractivity contribution in [2.45, 2.75) is 13.3 Å². The Morgan fingerprint density at radius 3 is 2.63 bits per heavy atom. The van der Waals surface area contributed by atoms with E-state index < -0.39 is 4.92 Å².